The summed E-state index contributed by atoms with van der Waals surface area (Å²) in [4.78, 5) is 0. The SMILES string of the molecule is [CH+]1CCC(P(C2CCCCC2)C2CCCCC2)CC1. The maximum absolute atomic E-state index is 2.56. The minimum Gasteiger partial charge on any atom is -0.0968 e. The Morgan fingerprint density at radius 3 is 1.42 bits per heavy atom. The summed E-state index contributed by atoms with van der Waals surface area (Å²) in [5, 5.41) is 0. The normalized spacial score (nSPS) is 28.5. The first-order valence-corrected chi connectivity index (χ1v) is 10.6. The lowest BCUT2D eigenvalue weighted by molar-refractivity contribution is 0.473. The molecule has 0 aromatic heterocycles. The summed E-state index contributed by atoms with van der Waals surface area (Å²) in [6.45, 7) is 0. The van der Waals surface area contributed by atoms with Crippen LogP contribution in [0.1, 0.15) is 89.9 Å². The Balaban J connectivity index is 1.68. The molecule has 0 amide bonds. The highest BCUT2D eigenvalue weighted by Gasteiger charge is 2.37. The van der Waals surface area contributed by atoms with Gasteiger partial charge in [0.15, 0.2) is 0 Å². The van der Waals surface area contributed by atoms with E-state index in [1.165, 1.54) is 37.0 Å². The van der Waals surface area contributed by atoms with Gasteiger partial charge in [-0.25, -0.2) is 0 Å². The molecule has 0 unspecified atom stereocenters. The zero-order valence-corrected chi connectivity index (χ0v) is 13.6. The number of hydrogen-bond acceptors (Lipinski definition) is 0. The maximum Gasteiger partial charge on any atom is 0.0881 e. The van der Waals surface area contributed by atoms with Crippen molar-refractivity contribution in [2.24, 2.45) is 0 Å². The van der Waals surface area contributed by atoms with Gasteiger partial charge in [0, 0.05) is 0 Å². The molecule has 1 heteroatoms. The molecule has 0 spiro atoms. The minimum atomic E-state index is 0.365. The predicted molar refractivity (Wildman–Crippen MR) is 87.2 cm³/mol. The standard InChI is InChI=1S/C18H32P/c1-4-10-16(11-5-1)19(17-12-6-2-7-13-17)18-14-8-3-9-15-18/h1,16-18H,2-15H2/q+1. The second kappa shape index (κ2) is 7.35. The Bertz CT molecular complexity index is 202. The summed E-state index contributed by atoms with van der Waals surface area (Å²) >= 11 is 0. The molecule has 3 aliphatic rings. The maximum atomic E-state index is 2.56. The van der Waals surface area contributed by atoms with E-state index in [1.54, 1.807) is 64.2 Å². The average molecular weight is 279 g/mol. The van der Waals surface area contributed by atoms with Crippen LogP contribution in [-0.4, -0.2) is 17.0 Å². The van der Waals surface area contributed by atoms with E-state index in [2.05, 4.69) is 6.42 Å². The summed E-state index contributed by atoms with van der Waals surface area (Å²) in [6, 6.07) is 0. The molecular formula is C18H32P+. The summed E-state index contributed by atoms with van der Waals surface area (Å²) in [5.41, 5.74) is 3.51. The monoisotopic (exact) mass is 279 g/mol. The summed E-state index contributed by atoms with van der Waals surface area (Å²) in [5.74, 6) is 0. The van der Waals surface area contributed by atoms with Gasteiger partial charge in [0.05, 0.1) is 19.3 Å². The van der Waals surface area contributed by atoms with E-state index in [-0.39, 0.29) is 0 Å². The Labute approximate surface area is 121 Å². The van der Waals surface area contributed by atoms with E-state index in [1.807, 2.05) is 0 Å². The Morgan fingerprint density at radius 2 is 0.947 bits per heavy atom. The minimum absolute atomic E-state index is 0.365. The smallest absolute Gasteiger partial charge is 0.0881 e. The van der Waals surface area contributed by atoms with Gasteiger partial charge < -0.3 is 0 Å². The fourth-order valence-electron chi connectivity index (χ4n) is 4.86. The van der Waals surface area contributed by atoms with Crippen molar-refractivity contribution in [2.75, 3.05) is 0 Å². The second-order valence-electron chi connectivity index (χ2n) is 7.13. The third-order valence-electron chi connectivity index (χ3n) is 5.82. The van der Waals surface area contributed by atoms with Crippen LogP contribution in [0.25, 0.3) is 0 Å². The molecule has 0 nitrogen and oxygen atoms in total. The fraction of sp³-hybridized carbons (Fsp3) is 0.944. The van der Waals surface area contributed by atoms with Crippen molar-refractivity contribution < 1.29 is 0 Å². The Hall–Kier alpha value is 0.300. The van der Waals surface area contributed by atoms with Crippen LogP contribution in [0.5, 0.6) is 0 Å². The molecule has 3 aliphatic carbocycles. The predicted octanol–water partition coefficient (Wildman–Crippen LogP) is 6.28. The molecular weight excluding hydrogens is 247 g/mol. The molecule has 0 aromatic carbocycles. The van der Waals surface area contributed by atoms with Crippen molar-refractivity contribution in [3.8, 4) is 0 Å². The van der Waals surface area contributed by atoms with Crippen LogP contribution in [0.15, 0.2) is 0 Å². The van der Waals surface area contributed by atoms with Gasteiger partial charge in [-0.2, -0.15) is 0 Å². The van der Waals surface area contributed by atoms with E-state index in [0.717, 1.165) is 5.66 Å². The van der Waals surface area contributed by atoms with Crippen LogP contribution in [0.2, 0.25) is 0 Å². The van der Waals surface area contributed by atoms with Gasteiger partial charge in [-0.1, -0.05) is 46.4 Å². The molecule has 0 N–H and O–H groups in total. The lowest BCUT2D eigenvalue weighted by Crippen LogP contribution is -2.28. The highest BCUT2D eigenvalue weighted by atomic mass is 31.1. The van der Waals surface area contributed by atoms with Crippen molar-refractivity contribution in [3.63, 3.8) is 0 Å². The van der Waals surface area contributed by atoms with Crippen LogP contribution in [-0.2, 0) is 0 Å². The fourth-order valence-corrected chi connectivity index (χ4v) is 9.47. The lowest BCUT2D eigenvalue weighted by atomic mass is 9.99. The van der Waals surface area contributed by atoms with Gasteiger partial charge >= 0.3 is 0 Å². The van der Waals surface area contributed by atoms with E-state index in [9.17, 15) is 0 Å². The van der Waals surface area contributed by atoms with Crippen LogP contribution >= 0.6 is 7.92 Å². The van der Waals surface area contributed by atoms with Gasteiger partial charge in [0.1, 0.15) is 0 Å². The van der Waals surface area contributed by atoms with Crippen LogP contribution < -0.4 is 0 Å². The summed E-state index contributed by atoms with van der Waals surface area (Å²) in [6.07, 6.45) is 24.2. The van der Waals surface area contributed by atoms with Crippen LogP contribution in [0, 0.1) is 6.42 Å². The first kappa shape index (κ1) is 14.2. The first-order chi connectivity index (χ1) is 9.45. The topological polar surface area (TPSA) is 0 Å². The molecule has 19 heavy (non-hydrogen) atoms. The quantitative estimate of drug-likeness (QED) is 0.421. The Morgan fingerprint density at radius 1 is 0.526 bits per heavy atom. The van der Waals surface area contributed by atoms with Crippen molar-refractivity contribution in [2.45, 2.75) is 107 Å². The summed E-state index contributed by atoms with van der Waals surface area (Å²) in [7, 11) is 0.365. The molecule has 3 rings (SSSR count). The molecule has 0 aliphatic heterocycles. The van der Waals surface area contributed by atoms with Gasteiger partial charge in [0.2, 0.25) is 0 Å². The van der Waals surface area contributed by atoms with E-state index in [0.29, 0.717) is 7.92 Å². The molecule has 0 saturated heterocycles. The first-order valence-electron chi connectivity index (χ1n) is 9.04. The Kier molecular flexibility index (Phi) is 5.51. The van der Waals surface area contributed by atoms with Crippen molar-refractivity contribution >= 4 is 7.92 Å². The molecule has 0 heterocycles. The van der Waals surface area contributed by atoms with E-state index in [4.69, 9.17) is 0 Å². The largest absolute Gasteiger partial charge is 0.0968 e. The van der Waals surface area contributed by atoms with Gasteiger partial charge in [-0.15, -0.1) is 0 Å². The molecule has 0 radical (unpaired) electrons. The van der Waals surface area contributed by atoms with E-state index >= 15 is 0 Å². The van der Waals surface area contributed by atoms with Crippen LogP contribution in [0.4, 0.5) is 0 Å². The van der Waals surface area contributed by atoms with Gasteiger partial charge in [0.25, 0.3) is 0 Å². The highest BCUT2D eigenvalue weighted by Crippen LogP contribution is 2.61. The third-order valence-corrected chi connectivity index (χ3v) is 9.90. The molecule has 3 saturated carbocycles. The highest BCUT2D eigenvalue weighted by molar-refractivity contribution is 7.60. The van der Waals surface area contributed by atoms with Gasteiger partial charge in [-0.3, -0.25) is 0 Å². The summed E-state index contributed by atoms with van der Waals surface area (Å²) < 4.78 is 0. The second-order valence-corrected chi connectivity index (χ2v) is 10.2. The van der Waals surface area contributed by atoms with Crippen molar-refractivity contribution in [1.82, 2.24) is 0 Å². The zero-order valence-electron chi connectivity index (χ0n) is 12.7. The zero-order chi connectivity index (χ0) is 12.9. The van der Waals surface area contributed by atoms with Gasteiger partial charge in [-0.05, 0) is 55.5 Å². The third kappa shape index (κ3) is 3.69. The molecule has 0 bridgehead atoms. The molecule has 108 valence electrons. The molecule has 3 fully saturated rings. The number of rotatable bonds is 3. The van der Waals surface area contributed by atoms with Crippen LogP contribution in [0.3, 0.4) is 0 Å². The average Bonchev–Trinajstić information content (AvgIpc) is 2.51. The number of hydrogen-bond donors (Lipinski definition) is 0. The van der Waals surface area contributed by atoms with Crippen molar-refractivity contribution in [1.29, 1.82) is 0 Å². The molecule has 0 aromatic rings. The van der Waals surface area contributed by atoms with Crippen molar-refractivity contribution in [3.05, 3.63) is 6.42 Å². The lowest BCUT2D eigenvalue weighted by Gasteiger charge is -2.43. The molecule has 0 atom stereocenters. The van der Waals surface area contributed by atoms with E-state index < -0.39 is 0 Å².